The average molecular weight is 207 g/mol. The van der Waals surface area contributed by atoms with Gasteiger partial charge in [-0.2, -0.15) is 4.98 Å². The normalized spacial score (nSPS) is 10.8. The maximum absolute atomic E-state index is 10.8. The second kappa shape index (κ2) is 3.46. The van der Waals surface area contributed by atoms with Gasteiger partial charge in [-0.3, -0.25) is 4.79 Å². The highest BCUT2D eigenvalue weighted by molar-refractivity contribution is 6.32. The molecule has 0 aliphatic rings. The zero-order chi connectivity index (χ0) is 9.30. The van der Waals surface area contributed by atoms with E-state index in [-0.39, 0.29) is 11.3 Å². The third-order valence-corrected chi connectivity index (χ3v) is 1.95. The number of nitrogens with zero attached hydrogens (tertiary/aromatic N) is 2. The van der Waals surface area contributed by atoms with Crippen LogP contribution in [-0.4, -0.2) is 9.55 Å². The first-order chi connectivity index (χ1) is 5.52. The standard InChI is InChI=1S/C7H8Cl2N2O/c1-4(2)11-5(8)3-6(12)10-7(11)9/h3-4H,1-2H3. The zero-order valence-corrected chi connectivity index (χ0v) is 8.23. The number of aromatic nitrogens is 2. The van der Waals surface area contributed by atoms with Crippen LogP contribution in [0.2, 0.25) is 10.4 Å². The quantitative estimate of drug-likeness (QED) is 0.522. The Morgan fingerprint density at radius 1 is 1.50 bits per heavy atom. The van der Waals surface area contributed by atoms with E-state index in [0.717, 1.165) is 0 Å². The summed E-state index contributed by atoms with van der Waals surface area (Å²) in [5, 5.41) is 0.442. The van der Waals surface area contributed by atoms with Crippen LogP contribution >= 0.6 is 23.2 Å². The van der Waals surface area contributed by atoms with Crippen molar-refractivity contribution in [2.75, 3.05) is 0 Å². The molecule has 1 aromatic heterocycles. The van der Waals surface area contributed by atoms with E-state index in [0.29, 0.717) is 5.15 Å². The highest BCUT2D eigenvalue weighted by Crippen LogP contribution is 2.17. The Morgan fingerprint density at radius 2 is 2.08 bits per heavy atom. The van der Waals surface area contributed by atoms with Crippen LogP contribution in [-0.2, 0) is 0 Å². The topological polar surface area (TPSA) is 34.9 Å². The average Bonchev–Trinajstić information content (AvgIpc) is 1.82. The monoisotopic (exact) mass is 206 g/mol. The maximum Gasteiger partial charge on any atom is 0.275 e. The van der Waals surface area contributed by atoms with Gasteiger partial charge in [0.2, 0.25) is 5.28 Å². The summed E-state index contributed by atoms with van der Waals surface area (Å²) in [5.41, 5.74) is -0.415. The summed E-state index contributed by atoms with van der Waals surface area (Å²) in [5.74, 6) is 0. The summed E-state index contributed by atoms with van der Waals surface area (Å²) in [6.07, 6.45) is 0. The molecule has 0 fully saturated rings. The molecule has 0 bridgehead atoms. The minimum absolute atomic E-state index is 0.0955. The highest BCUT2D eigenvalue weighted by Gasteiger charge is 2.08. The van der Waals surface area contributed by atoms with Crippen molar-refractivity contribution in [3.05, 3.63) is 26.9 Å². The molecule has 3 nitrogen and oxygen atoms in total. The second-order valence-corrected chi connectivity index (χ2v) is 3.38. The molecule has 1 rings (SSSR count). The molecule has 0 aromatic carbocycles. The lowest BCUT2D eigenvalue weighted by Crippen LogP contribution is -2.14. The van der Waals surface area contributed by atoms with E-state index < -0.39 is 5.56 Å². The third-order valence-electron chi connectivity index (χ3n) is 1.39. The van der Waals surface area contributed by atoms with Crippen molar-refractivity contribution in [1.29, 1.82) is 0 Å². The molecule has 0 atom stereocenters. The van der Waals surface area contributed by atoms with Gasteiger partial charge < -0.3 is 4.57 Å². The van der Waals surface area contributed by atoms with E-state index in [1.165, 1.54) is 6.07 Å². The van der Waals surface area contributed by atoms with Gasteiger partial charge in [0, 0.05) is 12.1 Å². The minimum atomic E-state index is -0.415. The molecule has 0 aliphatic heterocycles. The molecule has 0 spiro atoms. The van der Waals surface area contributed by atoms with Crippen LogP contribution in [0.1, 0.15) is 19.9 Å². The van der Waals surface area contributed by atoms with Gasteiger partial charge in [0.15, 0.2) is 0 Å². The summed E-state index contributed by atoms with van der Waals surface area (Å²) < 4.78 is 1.57. The van der Waals surface area contributed by atoms with Crippen molar-refractivity contribution >= 4 is 23.2 Å². The van der Waals surface area contributed by atoms with Crippen molar-refractivity contribution < 1.29 is 0 Å². The van der Waals surface area contributed by atoms with Crippen LogP contribution in [0.5, 0.6) is 0 Å². The van der Waals surface area contributed by atoms with Crippen molar-refractivity contribution in [3.8, 4) is 0 Å². The molecule has 0 saturated heterocycles. The third kappa shape index (κ3) is 1.79. The van der Waals surface area contributed by atoms with Gasteiger partial charge in [-0.15, -0.1) is 0 Å². The van der Waals surface area contributed by atoms with E-state index in [1.807, 2.05) is 13.8 Å². The molecule has 5 heteroatoms. The highest BCUT2D eigenvalue weighted by atomic mass is 35.5. The fourth-order valence-corrected chi connectivity index (χ4v) is 1.68. The SMILES string of the molecule is CC(C)n1c(Cl)cc(=O)nc1Cl. The molecule has 1 aromatic rings. The van der Waals surface area contributed by atoms with Crippen molar-refractivity contribution in [2.45, 2.75) is 19.9 Å². The Bertz CT molecular complexity index is 319. The fraction of sp³-hybridized carbons (Fsp3) is 0.429. The summed E-state index contributed by atoms with van der Waals surface area (Å²) in [7, 11) is 0. The molecular weight excluding hydrogens is 199 g/mol. The molecule has 0 amide bonds. The predicted molar refractivity (Wildman–Crippen MR) is 48.9 cm³/mol. The molecule has 66 valence electrons. The van der Waals surface area contributed by atoms with Gasteiger partial charge in [0.25, 0.3) is 5.56 Å². The Hall–Kier alpha value is -0.540. The Kier molecular flexibility index (Phi) is 2.75. The fourth-order valence-electron chi connectivity index (χ4n) is 0.896. The molecule has 0 aliphatic carbocycles. The number of halogens is 2. The Balaban J connectivity index is 3.38. The molecular formula is C7H8Cl2N2O. The van der Waals surface area contributed by atoms with Gasteiger partial charge in [0.05, 0.1) is 0 Å². The minimum Gasteiger partial charge on any atom is -0.304 e. The van der Waals surface area contributed by atoms with Crippen molar-refractivity contribution in [1.82, 2.24) is 9.55 Å². The van der Waals surface area contributed by atoms with Crippen LogP contribution in [0.4, 0.5) is 0 Å². The van der Waals surface area contributed by atoms with E-state index in [2.05, 4.69) is 4.98 Å². The molecule has 0 unspecified atom stereocenters. The predicted octanol–water partition coefficient (Wildman–Crippen LogP) is 2.13. The van der Waals surface area contributed by atoms with Crippen molar-refractivity contribution in [2.24, 2.45) is 0 Å². The first-order valence-corrected chi connectivity index (χ1v) is 4.22. The van der Waals surface area contributed by atoms with E-state index in [1.54, 1.807) is 4.57 Å². The van der Waals surface area contributed by atoms with Gasteiger partial charge in [-0.1, -0.05) is 11.6 Å². The second-order valence-electron chi connectivity index (χ2n) is 2.65. The summed E-state index contributed by atoms with van der Waals surface area (Å²) in [6, 6.07) is 1.34. The van der Waals surface area contributed by atoms with Gasteiger partial charge in [0.1, 0.15) is 5.15 Å². The summed E-state index contributed by atoms with van der Waals surface area (Å²) in [4.78, 5) is 14.3. The van der Waals surface area contributed by atoms with E-state index in [9.17, 15) is 4.79 Å². The molecule has 0 radical (unpaired) electrons. The summed E-state index contributed by atoms with van der Waals surface area (Å²) >= 11 is 11.5. The number of rotatable bonds is 1. The zero-order valence-electron chi connectivity index (χ0n) is 6.71. The van der Waals surface area contributed by atoms with Crippen molar-refractivity contribution in [3.63, 3.8) is 0 Å². The first kappa shape index (κ1) is 9.55. The van der Waals surface area contributed by atoms with Crippen LogP contribution in [0.15, 0.2) is 10.9 Å². The van der Waals surface area contributed by atoms with E-state index in [4.69, 9.17) is 23.2 Å². The first-order valence-electron chi connectivity index (χ1n) is 3.47. The number of hydrogen-bond acceptors (Lipinski definition) is 2. The smallest absolute Gasteiger partial charge is 0.275 e. The molecule has 1 heterocycles. The van der Waals surface area contributed by atoms with Gasteiger partial charge in [-0.25, -0.2) is 0 Å². The molecule has 0 saturated carbocycles. The number of hydrogen-bond donors (Lipinski definition) is 0. The van der Waals surface area contributed by atoms with Crippen LogP contribution in [0.3, 0.4) is 0 Å². The molecule has 0 N–H and O–H groups in total. The Labute approximate surface area is 79.9 Å². The van der Waals surface area contributed by atoms with E-state index >= 15 is 0 Å². The van der Waals surface area contributed by atoms with Gasteiger partial charge >= 0.3 is 0 Å². The lowest BCUT2D eigenvalue weighted by atomic mass is 10.4. The van der Waals surface area contributed by atoms with Gasteiger partial charge in [-0.05, 0) is 25.4 Å². The lowest BCUT2D eigenvalue weighted by Gasteiger charge is -2.13. The lowest BCUT2D eigenvalue weighted by molar-refractivity contribution is 0.585. The largest absolute Gasteiger partial charge is 0.304 e. The van der Waals surface area contributed by atoms with Crippen LogP contribution in [0, 0.1) is 0 Å². The Morgan fingerprint density at radius 3 is 2.50 bits per heavy atom. The molecule has 12 heavy (non-hydrogen) atoms. The van der Waals surface area contributed by atoms with Crippen LogP contribution in [0.25, 0.3) is 0 Å². The summed E-state index contributed by atoms with van der Waals surface area (Å²) in [6.45, 7) is 3.81. The van der Waals surface area contributed by atoms with Crippen LogP contribution < -0.4 is 5.56 Å². The maximum atomic E-state index is 10.8.